The third-order valence-electron chi connectivity index (χ3n) is 2.75. The monoisotopic (exact) mass is 221 g/mol. The van der Waals surface area contributed by atoms with Gasteiger partial charge in [0.15, 0.2) is 0 Å². The van der Waals surface area contributed by atoms with E-state index in [9.17, 15) is 4.79 Å². The summed E-state index contributed by atoms with van der Waals surface area (Å²) >= 11 is 0. The quantitative estimate of drug-likeness (QED) is 0.837. The molecule has 0 amide bonds. The fourth-order valence-electron chi connectivity index (χ4n) is 1.97. The predicted molar refractivity (Wildman–Crippen MR) is 61.2 cm³/mol. The Labute approximate surface area is 94.4 Å². The van der Waals surface area contributed by atoms with E-state index >= 15 is 0 Å². The summed E-state index contributed by atoms with van der Waals surface area (Å²) in [7, 11) is 2.02. The number of rotatable bonds is 4. The van der Waals surface area contributed by atoms with Crippen LogP contribution in [0.25, 0.3) is 0 Å². The van der Waals surface area contributed by atoms with Gasteiger partial charge in [-0.1, -0.05) is 12.1 Å². The van der Waals surface area contributed by atoms with Crippen LogP contribution >= 0.6 is 0 Å². The molecular weight excluding hydrogens is 206 g/mol. The third-order valence-corrected chi connectivity index (χ3v) is 2.75. The highest BCUT2D eigenvalue weighted by molar-refractivity contribution is 5.68. The first-order chi connectivity index (χ1) is 7.68. The minimum absolute atomic E-state index is 0.0351. The molecule has 2 rings (SSSR count). The molecule has 0 bridgehead atoms. The number of nitrogens with zero attached hydrogens (tertiary/aromatic N) is 1. The summed E-state index contributed by atoms with van der Waals surface area (Å²) in [4.78, 5) is 12.5. The van der Waals surface area contributed by atoms with Gasteiger partial charge >= 0.3 is 5.97 Å². The summed E-state index contributed by atoms with van der Waals surface area (Å²) in [5, 5.41) is 8.55. The van der Waals surface area contributed by atoms with Crippen molar-refractivity contribution in [3.8, 4) is 5.75 Å². The van der Waals surface area contributed by atoms with Gasteiger partial charge in [-0.2, -0.15) is 0 Å². The van der Waals surface area contributed by atoms with Crippen molar-refractivity contribution < 1.29 is 14.6 Å². The number of carboxylic acids is 1. The fraction of sp³-hybridized carbons (Fsp3) is 0.417. The number of carbonyl (C=O) groups is 1. The van der Waals surface area contributed by atoms with E-state index < -0.39 is 5.97 Å². The highest BCUT2D eigenvalue weighted by Gasteiger charge is 2.19. The average Bonchev–Trinajstić information content (AvgIpc) is 2.61. The van der Waals surface area contributed by atoms with E-state index in [1.165, 1.54) is 5.56 Å². The summed E-state index contributed by atoms with van der Waals surface area (Å²) in [6.07, 6.45) is 1.06. The number of para-hydroxylation sites is 1. The first kappa shape index (κ1) is 10.8. The van der Waals surface area contributed by atoms with E-state index in [1.807, 2.05) is 19.2 Å². The van der Waals surface area contributed by atoms with E-state index in [-0.39, 0.29) is 13.0 Å². The molecule has 86 valence electrons. The summed E-state index contributed by atoms with van der Waals surface area (Å²) < 4.78 is 5.51. The highest BCUT2D eigenvalue weighted by Crippen LogP contribution is 2.36. The molecule has 1 aromatic rings. The first-order valence-corrected chi connectivity index (χ1v) is 5.36. The third kappa shape index (κ3) is 2.10. The SMILES string of the molecule is CN1CCc2cccc(OCCC(=O)O)c21. The largest absolute Gasteiger partial charge is 0.491 e. The Morgan fingerprint density at radius 1 is 1.56 bits per heavy atom. The second-order valence-electron chi connectivity index (χ2n) is 3.93. The lowest BCUT2D eigenvalue weighted by molar-refractivity contribution is -0.137. The molecule has 0 atom stereocenters. The number of likely N-dealkylation sites (N-methyl/N-ethyl adjacent to an activating group) is 1. The van der Waals surface area contributed by atoms with Crippen molar-refractivity contribution in [2.75, 3.05) is 25.1 Å². The number of ether oxygens (including phenoxy) is 1. The predicted octanol–water partition coefficient (Wildman–Crippen LogP) is 1.53. The lowest BCUT2D eigenvalue weighted by Gasteiger charge is -2.16. The van der Waals surface area contributed by atoms with Gasteiger partial charge < -0.3 is 14.7 Å². The van der Waals surface area contributed by atoms with Crippen molar-refractivity contribution in [2.45, 2.75) is 12.8 Å². The molecule has 1 aliphatic heterocycles. The molecule has 0 unspecified atom stereocenters. The Kier molecular flexibility index (Phi) is 2.99. The van der Waals surface area contributed by atoms with Crippen molar-refractivity contribution in [3.05, 3.63) is 23.8 Å². The molecule has 0 radical (unpaired) electrons. The topological polar surface area (TPSA) is 49.8 Å². The molecule has 0 saturated carbocycles. The number of aliphatic carboxylic acids is 1. The molecule has 1 heterocycles. The van der Waals surface area contributed by atoms with Gasteiger partial charge in [-0.05, 0) is 18.1 Å². The Morgan fingerprint density at radius 2 is 2.38 bits per heavy atom. The minimum Gasteiger partial charge on any atom is -0.491 e. The van der Waals surface area contributed by atoms with E-state index in [1.54, 1.807) is 0 Å². The maximum Gasteiger partial charge on any atom is 0.306 e. The number of benzene rings is 1. The smallest absolute Gasteiger partial charge is 0.306 e. The molecule has 16 heavy (non-hydrogen) atoms. The molecule has 4 nitrogen and oxygen atoms in total. The maximum atomic E-state index is 10.4. The highest BCUT2D eigenvalue weighted by atomic mass is 16.5. The van der Waals surface area contributed by atoms with Gasteiger partial charge in [-0.25, -0.2) is 0 Å². The van der Waals surface area contributed by atoms with Gasteiger partial charge in [0.1, 0.15) is 5.75 Å². The lowest BCUT2D eigenvalue weighted by atomic mass is 10.1. The molecular formula is C12H15NO3. The van der Waals surface area contributed by atoms with Crippen molar-refractivity contribution >= 4 is 11.7 Å². The van der Waals surface area contributed by atoms with Gasteiger partial charge in [-0.15, -0.1) is 0 Å². The zero-order valence-electron chi connectivity index (χ0n) is 9.27. The molecule has 1 N–H and O–H groups in total. The molecule has 0 fully saturated rings. The van der Waals surface area contributed by atoms with Gasteiger partial charge in [0, 0.05) is 13.6 Å². The number of hydrogen-bond donors (Lipinski definition) is 1. The van der Waals surface area contributed by atoms with Crippen LogP contribution in [0.4, 0.5) is 5.69 Å². The van der Waals surface area contributed by atoms with Crippen molar-refractivity contribution in [2.24, 2.45) is 0 Å². The van der Waals surface area contributed by atoms with Crippen LogP contribution < -0.4 is 9.64 Å². The standard InChI is InChI=1S/C12H15NO3/c1-13-7-5-9-3-2-4-10(12(9)13)16-8-6-11(14)15/h2-4H,5-8H2,1H3,(H,14,15). The molecule has 1 aliphatic rings. The normalized spacial score (nSPS) is 13.7. The number of anilines is 1. The van der Waals surface area contributed by atoms with Crippen LogP contribution in [0.3, 0.4) is 0 Å². The van der Waals surface area contributed by atoms with Gasteiger partial charge in [0.25, 0.3) is 0 Å². The Hall–Kier alpha value is -1.71. The Morgan fingerprint density at radius 3 is 3.12 bits per heavy atom. The van der Waals surface area contributed by atoms with E-state index in [0.717, 1.165) is 24.4 Å². The van der Waals surface area contributed by atoms with Crippen molar-refractivity contribution in [1.82, 2.24) is 0 Å². The summed E-state index contributed by atoms with van der Waals surface area (Å²) in [5.74, 6) is -0.0420. The Balaban J connectivity index is 2.10. The minimum atomic E-state index is -0.832. The summed E-state index contributed by atoms with van der Waals surface area (Å²) in [5.41, 5.74) is 2.38. The summed E-state index contributed by atoms with van der Waals surface area (Å²) in [6.45, 7) is 1.22. The molecule has 0 saturated heterocycles. The van der Waals surface area contributed by atoms with Crippen molar-refractivity contribution in [3.63, 3.8) is 0 Å². The van der Waals surface area contributed by atoms with E-state index in [0.29, 0.717) is 0 Å². The van der Waals surface area contributed by atoms with Gasteiger partial charge in [0.2, 0.25) is 0 Å². The van der Waals surface area contributed by atoms with Crippen molar-refractivity contribution in [1.29, 1.82) is 0 Å². The van der Waals surface area contributed by atoms with Crippen LogP contribution in [0, 0.1) is 0 Å². The lowest BCUT2D eigenvalue weighted by Crippen LogP contribution is -2.14. The van der Waals surface area contributed by atoms with Crippen LogP contribution in [0.2, 0.25) is 0 Å². The summed E-state index contributed by atoms with van der Waals surface area (Å²) in [6, 6.07) is 5.93. The van der Waals surface area contributed by atoms with Crippen LogP contribution in [0.5, 0.6) is 5.75 Å². The number of hydrogen-bond acceptors (Lipinski definition) is 3. The zero-order chi connectivity index (χ0) is 11.5. The van der Waals surface area contributed by atoms with Gasteiger partial charge in [-0.3, -0.25) is 4.79 Å². The maximum absolute atomic E-state index is 10.4. The zero-order valence-corrected chi connectivity index (χ0v) is 9.27. The fourth-order valence-corrected chi connectivity index (χ4v) is 1.97. The van der Waals surface area contributed by atoms with Crippen LogP contribution in [-0.4, -0.2) is 31.3 Å². The molecule has 0 aliphatic carbocycles. The molecule has 0 aromatic heterocycles. The van der Waals surface area contributed by atoms with Crippen LogP contribution in [0.1, 0.15) is 12.0 Å². The molecule has 4 heteroatoms. The Bertz CT molecular complexity index is 403. The van der Waals surface area contributed by atoms with Crippen LogP contribution in [-0.2, 0) is 11.2 Å². The van der Waals surface area contributed by atoms with Crippen LogP contribution in [0.15, 0.2) is 18.2 Å². The average molecular weight is 221 g/mol. The second-order valence-corrected chi connectivity index (χ2v) is 3.93. The van der Waals surface area contributed by atoms with E-state index in [4.69, 9.17) is 9.84 Å². The second kappa shape index (κ2) is 4.43. The molecule has 1 aromatic carbocycles. The first-order valence-electron chi connectivity index (χ1n) is 5.36. The molecule has 0 spiro atoms. The van der Waals surface area contributed by atoms with E-state index in [2.05, 4.69) is 11.0 Å². The number of fused-ring (bicyclic) bond motifs is 1. The van der Waals surface area contributed by atoms with Gasteiger partial charge in [0.05, 0.1) is 18.7 Å². The number of carboxylic acid groups (broad SMARTS) is 1.